The van der Waals surface area contributed by atoms with Crippen molar-refractivity contribution in [2.75, 3.05) is 5.32 Å². The summed E-state index contributed by atoms with van der Waals surface area (Å²) in [5.74, 6) is -0.285. The Morgan fingerprint density at radius 3 is 2.74 bits per heavy atom. The van der Waals surface area contributed by atoms with Gasteiger partial charge in [-0.2, -0.15) is 0 Å². The monoisotopic (exact) mass is 362 g/mol. The molecule has 3 rings (SSSR count). The molecule has 2 N–H and O–H groups in total. The normalized spacial score (nSPS) is 10.4. The molecule has 0 unspecified atom stereocenters. The number of imidazole rings is 1. The van der Waals surface area contributed by atoms with Gasteiger partial charge in [0.25, 0.3) is 5.91 Å². The molecule has 27 heavy (non-hydrogen) atoms. The summed E-state index contributed by atoms with van der Waals surface area (Å²) in [7, 11) is 0. The smallest absolute Gasteiger partial charge is 0.251 e. The molecule has 0 saturated heterocycles. The van der Waals surface area contributed by atoms with Gasteiger partial charge >= 0.3 is 0 Å². The molecule has 0 fully saturated rings. The van der Waals surface area contributed by atoms with Gasteiger partial charge in [0, 0.05) is 43.2 Å². The van der Waals surface area contributed by atoms with Gasteiger partial charge in [-0.3, -0.25) is 9.59 Å². The van der Waals surface area contributed by atoms with E-state index in [2.05, 4.69) is 15.6 Å². The summed E-state index contributed by atoms with van der Waals surface area (Å²) in [6.07, 6.45) is 5.50. The van der Waals surface area contributed by atoms with Crippen LogP contribution in [0.4, 0.5) is 5.69 Å². The lowest BCUT2D eigenvalue weighted by atomic mass is 10.1. The fourth-order valence-electron chi connectivity index (χ4n) is 2.72. The molecule has 1 aromatic heterocycles. The van der Waals surface area contributed by atoms with E-state index in [1.165, 1.54) is 0 Å². The van der Waals surface area contributed by atoms with Crippen molar-refractivity contribution in [2.24, 2.45) is 0 Å². The van der Waals surface area contributed by atoms with Crippen molar-refractivity contribution in [1.82, 2.24) is 14.9 Å². The van der Waals surface area contributed by atoms with Crippen molar-refractivity contribution in [2.45, 2.75) is 26.4 Å². The first-order valence-electron chi connectivity index (χ1n) is 8.79. The zero-order chi connectivity index (χ0) is 19.1. The van der Waals surface area contributed by atoms with Crippen molar-refractivity contribution in [1.29, 1.82) is 0 Å². The molecule has 0 bridgehead atoms. The maximum absolute atomic E-state index is 12.4. The summed E-state index contributed by atoms with van der Waals surface area (Å²) >= 11 is 0. The lowest BCUT2D eigenvalue weighted by Crippen LogP contribution is -2.23. The maximum Gasteiger partial charge on any atom is 0.251 e. The third-order valence-corrected chi connectivity index (χ3v) is 4.10. The highest BCUT2D eigenvalue weighted by Gasteiger charge is 2.08. The zero-order valence-electron chi connectivity index (χ0n) is 15.2. The Morgan fingerprint density at radius 2 is 1.96 bits per heavy atom. The minimum atomic E-state index is -0.175. The number of hydrogen-bond donors (Lipinski definition) is 2. The molecule has 3 aromatic rings. The van der Waals surface area contributed by atoms with Gasteiger partial charge in [-0.1, -0.05) is 35.9 Å². The SMILES string of the molecule is Cc1cccc(CNC(=O)c2cccc(NC(=O)CCn3ccnc3)c2)c1. The molecule has 2 aromatic carbocycles. The number of nitrogens with one attached hydrogen (secondary N) is 2. The summed E-state index contributed by atoms with van der Waals surface area (Å²) in [5, 5.41) is 5.73. The van der Waals surface area contributed by atoms with E-state index in [-0.39, 0.29) is 11.8 Å². The summed E-state index contributed by atoms with van der Waals surface area (Å²) in [6.45, 7) is 3.04. The van der Waals surface area contributed by atoms with Crippen LogP contribution in [0.5, 0.6) is 0 Å². The number of anilines is 1. The topological polar surface area (TPSA) is 76.0 Å². The van der Waals surface area contributed by atoms with Gasteiger partial charge in [-0.25, -0.2) is 4.98 Å². The predicted octanol–water partition coefficient (Wildman–Crippen LogP) is 3.15. The third-order valence-electron chi connectivity index (χ3n) is 4.10. The van der Waals surface area contributed by atoms with Gasteiger partial charge < -0.3 is 15.2 Å². The molecule has 0 aliphatic heterocycles. The van der Waals surface area contributed by atoms with E-state index in [0.29, 0.717) is 30.8 Å². The molecule has 138 valence electrons. The fourth-order valence-corrected chi connectivity index (χ4v) is 2.72. The molecule has 6 heteroatoms. The van der Waals surface area contributed by atoms with Crippen molar-refractivity contribution in [3.8, 4) is 0 Å². The molecule has 0 aliphatic carbocycles. The minimum absolute atomic E-state index is 0.110. The van der Waals surface area contributed by atoms with Gasteiger partial charge in [0.15, 0.2) is 0 Å². The van der Waals surface area contributed by atoms with E-state index in [4.69, 9.17) is 0 Å². The Labute approximate surface area is 158 Å². The Kier molecular flexibility index (Phi) is 5.99. The second-order valence-corrected chi connectivity index (χ2v) is 6.35. The van der Waals surface area contributed by atoms with Crippen molar-refractivity contribution in [3.05, 3.63) is 83.9 Å². The van der Waals surface area contributed by atoms with E-state index in [0.717, 1.165) is 11.1 Å². The van der Waals surface area contributed by atoms with Gasteiger partial charge in [-0.15, -0.1) is 0 Å². The summed E-state index contributed by atoms with van der Waals surface area (Å²) in [5.41, 5.74) is 3.32. The van der Waals surface area contributed by atoms with Crippen LogP contribution < -0.4 is 10.6 Å². The molecule has 6 nitrogen and oxygen atoms in total. The van der Waals surface area contributed by atoms with Crippen molar-refractivity contribution < 1.29 is 9.59 Å². The van der Waals surface area contributed by atoms with Crippen molar-refractivity contribution in [3.63, 3.8) is 0 Å². The highest BCUT2D eigenvalue weighted by atomic mass is 16.2. The van der Waals surface area contributed by atoms with Crippen LogP contribution in [0.15, 0.2) is 67.3 Å². The first-order chi connectivity index (χ1) is 13.1. The highest BCUT2D eigenvalue weighted by molar-refractivity contribution is 5.97. The van der Waals surface area contributed by atoms with Gasteiger partial charge in [0.2, 0.25) is 5.91 Å². The molecule has 0 atom stereocenters. The van der Waals surface area contributed by atoms with Gasteiger partial charge in [-0.05, 0) is 30.7 Å². The molecule has 1 heterocycles. The lowest BCUT2D eigenvalue weighted by Gasteiger charge is -2.09. The van der Waals surface area contributed by atoms with Crippen molar-refractivity contribution >= 4 is 17.5 Å². The molecule has 0 radical (unpaired) electrons. The quantitative estimate of drug-likeness (QED) is 0.678. The Hall–Kier alpha value is -3.41. The van der Waals surface area contributed by atoms with Gasteiger partial charge in [0.1, 0.15) is 0 Å². The second kappa shape index (κ2) is 8.80. The predicted molar refractivity (Wildman–Crippen MR) is 104 cm³/mol. The van der Waals surface area contributed by atoms with Crippen LogP contribution in [0.2, 0.25) is 0 Å². The van der Waals surface area contributed by atoms with Crippen LogP contribution in [-0.4, -0.2) is 21.4 Å². The Morgan fingerprint density at radius 1 is 1.11 bits per heavy atom. The average Bonchev–Trinajstić information content (AvgIpc) is 3.18. The van der Waals surface area contributed by atoms with Crippen LogP contribution in [-0.2, 0) is 17.9 Å². The van der Waals surface area contributed by atoms with Crippen LogP contribution >= 0.6 is 0 Å². The summed E-state index contributed by atoms with van der Waals surface area (Å²) < 4.78 is 1.84. The number of aromatic nitrogens is 2. The average molecular weight is 362 g/mol. The third kappa shape index (κ3) is 5.54. The Bertz CT molecular complexity index is 919. The maximum atomic E-state index is 12.4. The van der Waals surface area contributed by atoms with Crippen LogP contribution in [0.25, 0.3) is 0 Å². The zero-order valence-corrected chi connectivity index (χ0v) is 15.2. The number of nitrogens with zero attached hydrogens (tertiary/aromatic N) is 2. The first kappa shape index (κ1) is 18.4. The number of rotatable bonds is 7. The number of carbonyl (C=O) groups excluding carboxylic acids is 2. The molecular weight excluding hydrogens is 340 g/mol. The first-order valence-corrected chi connectivity index (χ1v) is 8.79. The Balaban J connectivity index is 1.54. The van der Waals surface area contributed by atoms with E-state index >= 15 is 0 Å². The number of benzene rings is 2. The van der Waals surface area contributed by atoms with Gasteiger partial charge in [0.05, 0.1) is 6.33 Å². The van der Waals surface area contributed by atoms with E-state index in [1.54, 1.807) is 36.8 Å². The standard InChI is InChI=1S/C21H22N4O2/c1-16-4-2-5-17(12-16)14-23-21(27)18-6-3-7-19(13-18)24-20(26)8-10-25-11-9-22-15-25/h2-7,9,11-13,15H,8,10,14H2,1H3,(H,23,27)(H,24,26). The second-order valence-electron chi connectivity index (χ2n) is 6.35. The van der Waals surface area contributed by atoms with Crippen LogP contribution in [0.3, 0.4) is 0 Å². The summed E-state index contributed by atoms with van der Waals surface area (Å²) in [4.78, 5) is 28.4. The highest BCUT2D eigenvalue weighted by Crippen LogP contribution is 2.12. The molecule has 2 amide bonds. The molecule has 0 aliphatic rings. The largest absolute Gasteiger partial charge is 0.348 e. The number of hydrogen-bond acceptors (Lipinski definition) is 3. The molecular formula is C21H22N4O2. The van der Waals surface area contributed by atoms with Crippen LogP contribution in [0, 0.1) is 6.92 Å². The number of amides is 2. The minimum Gasteiger partial charge on any atom is -0.348 e. The van der Waals surface area contributed by atoms with E-state index in [9.17, 15) is 9.59 Å². The lowest BCUT2D eigenvalue weighted by molar-refractivity contribution is -0.116. The van der Waals surface area contributed by atoms with Crippen LogP contribution in [0.1, 0.15) is 27.9 Å². The van der Waals surface area contributed by atoms with E-state index < -0.39 is 0 Å². The summed E-state index contributed by atoms with van der Waals surface area (Å²) in [6, 6.07) is 14.9. The molecule has 0 saturated carbocycles. The number of carbonyl (C=O) groups is 2. The molecule has 0 spiro atoms. The fraction of sp³-hybridized carbons (Fsp3) is 0.190. The number of aryl methyl sites for hydroxylation is 2. The van der Waals surface area contributed by atoms with E-state index in [1.807, 2.05) is 42.0 Å².